The van der Waals surface area contributed by atoms with Crippen molar-refractivity contribution in [3.8, 4) is 56.8 Å². The van der Waals surface area contributed by atoms with Crippen LogP contribution in [0, 0.1) is 13.8 Å². The summed E-state index contributed by atoms with van der Waals surface area (Å²) in [6.07, 6.45) is 3.89. The van der Waals surface area contributed by atoms with E-state index in [-0.39, 0.29) is 12.4 Å². The molecule has 6 aromatic carbocycles. The molecule has 1 saturated heterocycles. The number of hydrogen-bond donors (Lipinski definition) is 2. The Balaban J connectivity index is 0.000000202. The van der Waals surface area contributed by atoms with Gasteiger partial charge in [-0.2, -0.15) is 0 Å². The molecule has 60 heavy (non-hydrogen) atoms. The Morgan fingerprint density at radius 3 is 1.37 bits per heavy atom. The molecular formula is C50H54O10. The van der Waals surface area contributed by atoms with Crippen molar-refractivity contribution in [2.75, 3.05) is 41.7 Å². The number of aliphatic hydroxyl groups excluding tert-OH is 1. The molecule has 0 atom stereocenters. The molecule has 0 saturated carbocycles. The number of phenolic OH excluding ortho intramolecular Hbond substituents is 1. The van der Waals surface area contributed by atoms with Gasteiger partial charge in [0.15, 0.2) is 12.6 Å². The van der Waals surface area contributed by atoms with Gasteiger partial charge >= 0.3 is 0 Å². The molecule has 10 heteroatoms. The number of aromatic hydroxyl groups is 1. The van der Waals surface area contributed by atoms with Crippen molar-refractivity contribution in [3.05, 3.63) is 155 Å². The zero-order valence-electron chi connectivity index (χ0n) is 35.1. The number of ether oxygens (including phenoxy) is 6. The van der Waals surface area contributed by atoms with E-state index in [0.717, 1.165) is 36.2 Å². The number of carbonyl (C=O) groups excluding carboxylic acids is 2. The minimum absolute atomic E-state index is 0.000648. The fraction of sp³-hybridized carbons (Fsp3) is 0.240. The summed E-state index contributed by atoms with van der Waals surface area (Å²) in [5, 5.41) is 18.4. The van der Waals surface area contributed by atoms with Crippen LogP contribution in [-0.4, -0.2) is 64.4 Å². The van der Waals surface area contributed by atoms with Crippen LogP contribution in [0.5, 0.6) is 34.5 Å². The van der Waals surface area contributed by atoms with Crippen molar-refractivity contribution in [2.45, 2.75) is 39.9 Å². The normalized spacial score (nSPS) is 11.2. The maximum Gasteiger partial charge on any atom is 0.157 e. The smallest absolute Gasteiger partial charge is 0.157 e. The van der Waals surface area contributed by atoms with Crippen LogP contribution in [0.3, 0.4) is 0 Å². The summed E-state index contributed by atoms with van der Waals surface area (Å²) in [7, 11) is 5.86. The molecule has 0 radical (unpaired) electrons. The first-order valence-corrected chi connectivity index (χ1v) is 19.4. The zero-order chi connectivity index (χ0) is 43.3. The topological polar surface area (TPSA) is 130 Å². The van der Waals surface area contributed by atoms with Gasteiger partial charge in [0.1, 0.15) is 41.1 Å². The van der Waals surface area contributed by atoms with Gasteiger partial charge in [-0.3, -0.25) is 9.59 Å². The lowest BCUT2D eigenvalue weighted by Gasteiger charge is -2.15. The monoisotopic (exact) mass is 814 g/mol. The summed E-state index contributed by atoms with van der Waals surface area (Å²) >= 11 is 0. The van der Waals surface area contributed by atoms with E-state index in [4.69, 9.17) is 28.4 Å². The Labute approximate surface area is 352 Å². The van der Waals surface area contributed by atoms with Crippen LogP contribution in [0.2, 0.25) is 0 Å². The summed E-state index contributed by atoms with van der Waals surface area (Å²) in [5.74, 6) is 2.03. The van der Waals surface area contributed by atoms with Crippen LogP contribution in [0.1, 0.15) is 55.8 Å². The maximum atomic E-state index is 11.3. The number of aliphatic hydroxyl groups is 1. The van der Waals surface area contributed by atoms with E-state index >= 15 is 0 Å². The highest BCUT2D eigenvalue weighted by Gasteiger charge is 2.14. The summed E-state index contributed by atoms with van der Waals surface area (Å²) < 4.78 is 31.3. The van der Waals surface area contributed by atoms with E-state index in [9.17, 15) is 19.8 Å². The number of aldehydes is 2. The van der Waals surface area contributed by atoms with Gasteiger partial charge in [-0.1, -0.05) is 97.1 Å². The van der Waals surface area contributed by atoms with Crippen molar-refractivity contribution < 1.29 is 48.2 Å². The third kappa shape index (κ3) is 12.7. The van der Waals surface area contributed by atoms with E-state index in [0.29, 0.717) is 52.8 Å². The molecule has 0 aromatic heterocycles. The molecule has 1 aliphatic heterocycles. The molecule has 7 rings (SSSR count). The number of phenols is 1. The van der Waals surface area contributed by atoms with Crippen LogP contribution in [-0.2, 0) is 18.0 Å². The minimum Gasteiger partial charge on any atom is -0.508 e. The molecule has 0 bridgehead atoms. The fourth-order valence-corrected chi connectivity index (χ4v) is 6.38. The first kappa shape index (κ1) is 46.1. The van der Waals surface area contributed by atoms with Crippen LogP contribution < -0.4 is 23.7 Å². The van der Waals surface area contributed by atoms with Crippen molar-refractivity contribution in [2.24, 2.45) is 0 Å². The van der Waals surface area contributed by atoms with Crippen molar-refractivity contribution in [1.29, 1.82) is 0 Å². The lowest BCUT2D eigenvalue weighted by Crippen LogP contribution is -2.01. The number of carbonyl (C=O) groups is 2. The van der Waals surface area contributed by atoms with Gasteiger partial charge in [0, 0.05) is 37.5 Å². The molecule has 314 valence electrons. The van der Waals surface area contributed by atoms with E-state index in [1.54, 1.807) is 12.1 Å². The second-order valence-corrected chi connectivity index (χ2v) is 13.4. The van der Waals surface area contributed by atoms with Gasteiger partial charge in [-0.15, -0.1) is 0 Å². The average Bonchev–Trinajstić information content (AvgIpc) is 3.90. The van der Waals surface area contributed by atoms with Crippen molar-refractivity contribution >= 4 is 12.6 Å². The molecular weight excluding hydrogens is 761 g/mol. The lowest BCUT2D eigenvalue weighted by atomic mass is 9.97. The highest BCUT2D eigenvalue weighted by molar-refractivity contribution is 5.85. The van der Waals surface area contributed by atoms with Crippen molar-refractivity contribution in [3.63, 3.8) is 0 Å². The van der Waals surface area contributed by atoms with Gasteiger partial charge in [-0.25, -0.2) is 0 Å². The molecule has 10 nitrogen and oxygen atoms in total. The number of hydrogen-bond acceptors (Lipinski definition) is 10. The summed E-state index contributed by atoms with van der Waals surface area (Å²) in [6, 6.07) is 38.8. The SMILES string of the molecule is C1CCOC1.COc1cc(O)cc(OC)c1C=O.COc1cc(OCc2cccc(-c3ccccc3)c2C)cc(OC)c1C=O.Cc1c(CO)cccc1-c1ccccc1. The molecule has 1 heterocycles. The first-order chi connectivity index (χ1) is 29.2. The third-order valence-corrected chi connectivity index (χ3v) is 9.74. The zero-order valence-corrected chi connectivity index (χ0v) is 35.1. The minimum atomic E-state index is -0.000648. The second kappa shape index (κ2) is 24.3. The molecule has 1 aliphatic rings. The number of methoxy groups -OCH3 is 4. The highest BCUT2D eigenvalue weighted by atomic mass is 16.5. The molecule has 0 unspecified atom stereocenters. The number of rotatable bonds is 12. The standard InChI is InChI=1S/C23H22O4.C14H14O.C9H10O4.C4H8O/c1-16-18(10-7-11-20(16)17-8-5-4-6-9-17)15-27-19-12-22(25-2)21(14-24)23(13-19)26-3;1-11-13(10-15)8-5-9-14(11)12-6-3-2-4-7-12;1-12-8-3-6(11)4-9(13-2)7(8)5-10;1-2-4-5-3-1/h4-14H,15H2,1-3H3;2-9,15H,10H2,1H3;3-5,11H,1-2H3;1-4H2. The summed E-state index contributed by atoms with van der Waals surface area (Å²) in [4.78, 5) is 21.9. The average molecular weight is 815 g/mol. The molecule has 6 aromatic rings. The molecule has 2 N–H and O–H groups in total. The predicted octanol–water partition coefficient (Wildman–Crippen LogP) is 10.2. The first-order valence-electron chi connectivity index (χ1n) is 19.4. The Morgan fingerprint density at radius 1 is 0.567 bits per heavy atom. The highest BCUT2D eigenvalue weighted by Crippen LogP contribution is 2.34. The van der Waals surface area contributed by atoms with E-state index < -0.39 is 0 Å². The molecule has 1 fully saturated rings. The Morgan fingerprint density at radius 2 is 0.983 bits per heavy atom. The van der Waals surface area contributed by atoms with Crippen LogP contribution in [0.25, 0.3) is 22.3 Å². The Kier molecular flexibility index (Phi) is 18.7. The second-order valence-electron chi connectivity index (χ2n) is 13.4. The summed E-state index contributed by atoms with van der Waals surface area (Å²) in [6.45, 7) is 6.65. The number of benzene rings is 6. The van der Waals surface area contributed by atoms with Gasteiger partial charge < -0.3 is 38.6 Å². The van der Waals surface area contributed by atoms with Gasteiger partial charge in [0.05, 0.1) is 46.2 Å². The quantitative estimate of drug-likeness (QED) is 0.115. The van der Waals surface area contributed by atoms with Gasteiger partial charge in [0.25, 0.3) is 0 Å². The van der Waals surface area contributed by atoms with Crippen molar-refractivity contribution in [1.82, 2.24) is 0 Å². The van der Waals surface area contributed by atoms with Gasteiger partial charge in [-0.05, 0) is 71.2 Å². The van der Waals surface area contributed by atoms with E-state index in [2.05, 4.69) is 49.4 Å². The van der Waals surface area contributed by atoms with Crippen LogP contribution >= 0.6 is 0 Å². The molecule has 0 amide bonds. The molecule has 0 spiro atoms. The maximum absolute atomic E-state index is 11.3. The van der Waals surface area contributed by atoms with E-state index in [1.807, 2.05) is 61.5 Å². The Hall–Kier alpha value is -6.62. The Bertz CT molecular complexity index is 2190. The fourth-order valence-electron chi connectivity index (χ4n) is 6.38. The summed E-state index contributed by atoms with van der Waals surface area (Å²) in [5.41, 5.74) is 9.84. The predicted molar refractivity (Wildman–Crippen MR) is 235 cm³/mol. The van der Waals surface area contributed by atoms with Crippen LogP contribution in [0.4, 0.5) is 0 Å². The molecule has 0 aliphatic carbocycles. The third-order valence-electron chi connectivity index (χ3n) is 9.74. The van der Waals surface area contributed by atoms with Gasteiger partial charge in [0.2, 0.25) is 0 Å². The lowest BCUT2D eigenvalue weighted by molar-refractivity contribution is 0.110. The van der Waals surface area contributed by atoms with Crippen LogP contribution in [0.15, 0.2) is 121 Å². The van der Waals surface area contributed by atoms with E-state index in [1.165, 1.54) is 81.2 Å². The largest absolute Gasteiger partial charge is 0.508 e.